The molecule has 0 saturated carbocycles. The molecule has 0 spiro atoms. The van der Waals surface area contributed by atoms with Gasteiger partial charge in [-0.1, -0.05) is 12.1 Å². The summed E-state index contributed by atoms with van der Waals surface area (Å²) in [6.45, 7) is 2.18. The third kappa shape index (κ3) is 4.87. The average molecular weight is 237 g/mol. The zero-order chi connectivity index (χ0) is 12.7. The molecule has 1 rings (SSSR count). The molecule has 0 aromatic heterocycles. The molecule has 4 heteroatoms. The summed E-state index contributed by atoms with van der Waals surface area (Å²) in [5.74, 6) is 0.550. The summed E-state index contributed by atoms with van der Waals surface area (Å²) in [6, 6.07) is 7.45. The first-order chi connectivity index (χ1) is 8.15. The van der Waals surface area contributed by atoms with Crippen LogP contribution >= 0.6 is 0 Å². The number of carbonyl (C=O) groups is 1. The van der Waals surface area contributed by atoms with Gasteiger partial charge in [-0.05, 0) is 31.0 Å². The van der Waals surface area contributed by atoms with E-state index in [9.17, 15) is 4.79 Å². The van der Waals surface area contributed by atoms with Gasteiger partial charge in [-0.15, -0.1) is 0 Å². The summed E-state index contributed by atoms with van der Waals surface area (Å²) in [5, 5.41) is 0. The second kappa shape index (κ2) is 6.91. The highest BCUT2D eigenvalue weighted by Crippen LogP contribution is 2.14. The normalized spacial score (nSPS) is 11.9. The molecule has 4 nitrogen and oxygen atoms in total. The van der Waals surface area contributed by atoms with E-state index in [1.54, 1.807) is 14.0 Å². The van der Waals surface area contributed by atoms with E-state index in [0.717, 1.165) is 11.3 Å². The molecule has 1 atom stereocenters. The van der Waals surface area contributed by atoms with Crippen LogP contribution in [0.1, 0.15) is 18.9 Å². The van der Waals surface area contributed by atoms with Crippen molar-refractivity contribution in [1.82, 2.24) is 0 Å². The van der Waals surface area contributed by atoms with E-state index in [0.29, 0.717) is 13.0 Å². The standard InChI is InChI=1S/C13H19NO3/c1-3-17-13(15)9-11(14)7-10-5-4-6-12(8-10)16-2/h4-6,8,11H,3,7,9,14H2,1-2H3. The van der Waals surface area contributed by atoms with E-state index in [4.69, 9.17) is 15.2 Å². The minimum Gasteiger partial charge on any atom is -0.497 e. The van der Waals surface area contributed by atoms with Gasteiger partial charge in [0.1, 0.15) is 5.75 Å². The number of hydrogen-bond acceptors (Lipinski definition) is 4. The average Bonchev–Trinajstić information content (AvgIpc) is 2.29. The molecule has 0 fully saturated rings. The van der Waals surface area contributed by atoms with E-state index in [1.807, 2.05) is 24.3 Å². The van der Waals surface area contributed by atoms with Crippen LogP contribution in [0.2, 0.25) is 0 Å². The smallest absolute Gasteiger partial charge is 0.307 e. The topological polar surface area (TPSA) is 61.5 Å². The van der Waals surface area contributed by atoms with Crippen molar-refractivity contribution in [2.45, 2.75) is 25.8 Å². The summed E-state index contributed by atoms with van der Waals surface area (Å²) in [6.07, 6.45) is 0.876. The maximum atomic E-state index is 11.2. The number of ether oxygens (including phenoxy) is 2. The van der Waals surface area contributed by atoms with Crippen molar-refractivity contribution in [3.63, 3.8) is 0 Å². The predicted molar refractivity (Wildman–Crippen MR) is 65.9 cm³/mol. The highest BCUT2D eigenvalue weighted by atomic mass is 16.5. The van der Waals surface area contributed by atoms with Crippen molar-refractivity contribution in [3.05, 3.63) is 29.8 Å². The molecule has 17 heavy (non-hydrogen) atoms. The van der Waals surface area contributed by atoms with Crippen molar-refractivity contribution in [2.24, 2.45) is 5.73 Å². The Hall–Kier alpha value is -1.55. The fraction of sp³-hybridized carbons (Fsp3) is 0.462. The van der Waals surface area contributed by atoms with Crippen molar-refractivity contribution in [3.8, 4) is 5.75 Å². The lowest BCUT2D eigenvalue weighted by molar-refractivity contribution is -0.143. The Morgan fingerprint density at radius 2 is 2.24 bits per heavy atom. The van der Waals surface area contributed by atoms with Crippen molar-refractivity contribution >= 4 is 5.97 Å². The number of rotatable bonds is 6. The maximum absolute atomic E-state index is 11.2. The van der Waals surface area contributed by atoms with Crippen molar-refractivity contribution < 1.29 is 14.3 Å². The predicted octanol–water partition coefficient (Wildman–Crippen LogP) is 1.52. The van der Waals surface area contributed by atoms with Crippen LogP contribution in [0.5, 0.6) is 5.75 Å². The number of esters is 1. The molecule has 1 aromatic rings. The Labute approximate surface area is 102 Å². The highest BCUT2D eigenvalue weighted by molar-refractivity contribution is 5.70. The van der Waals surface area contributed by atoms with Gasteiger partial charge < -0.3 is 15.2 Å². The molecule has 0 amide bonds. The Balaban J connectivity index is 2.49. The lowest BCUT2D eigenvalue weighted by Crippen LogP contribution is -2.27. The van der Waals surface area contributed by atoms with Crippen LogP contribution in [0, 0.1) is 0 Å². The van der Waals surface area contributed by atoms with Gasteiger partial charge in [-0.2, -0.15) is 0 Å². The molecule has 1 aromatic carbocycles. The van der Waals surface area contributed by atoms with Crippen LogP contribution in [-0.4, -0.2) is 25.7 Å². The molecule has 0 aliphatic carbocycles. The quantitative estimate of drug-likeness (QED) is 0.762. The van der Waals surface area contributed by atoms with Crippen LogP contribution in [0.15, 0.2) is 24.3 Å². The van der Waals surface area contributed by atoms with E-state index < -0.39 is 0 Å². The maximum Gasteiger partial charge on any atom is 0.307 e. The molecule has 0 saturated heterocycles. The van der Waals surface area contributed by atoms with Gasteiger partial charge in [0, 0.05) is 6.04 Å². The minimum atomic E-state index is -0.247. The van der Waals surface area contributed by atoms with Crippen molar-refractivity contribution in [2.75, 3.05) is 13.7 Å². The molecule has 0 radical (unpaired) electrons. The van der Waals surface area contributed by atoms with Gasteiger partial charge in [-0.25, -0.2) is 0 Å². The highest BCUT2D eigenvalue weighted by Gasteiger charge is 2.11. The Morgan fingerprint density at radius 1 is 1.47 bits per heavy atom. The summed E-state index contributed by atoms with van der Waals surface area (Å²) >= 11 is 0. The molecule has 94 valence electrons. The number of methoxy groups -OCH3 is 1. The van der Waals surface area contributed by atoms with Gasteiger partial charge in [0.2, 0.25) is 0 Å². The Bertz CT molecular complexity index is 365. The largest absolute Gasteiger partial charge is 0.497 e. The third-order valence-electron chi connectivity index (χ3n) is 2.37. The zero-order valence-electron chi connectivity index (χ0n) is 10.3. The van der Waals surface area contributed by atoms with Gasteiger partial charge in [0.15, 0.2) is 0 Å². The van der Waals surface area contributed by atoms with Crippen LogP contribution in [0.3, 0.4) is 0 Å². The first-order valence-corrected chi connectivity index (χ1v) is 5.69. The van der Waals surface area contributed by atoms with E-state index in [1.165, 1.54) is 0 Å². The van der Waals surface area contributed by atoms with Gasteiger partial charge >= 0.3 is 5.97 Å². The van der Waals surface area contributed by atoms with Gasteiger partial charge in [0.25, 0.3) is 0 Å². The molecule has 0 aliphatic heterocycles. The molecular weight excluding hydrogens is 218 g/mol. The number of nitrogens with two attached hydrogens (primary N) is 1. The number of hydrogen-bond donors (Lipinski definition) is 1. The lowest BCUT2D eigenvalue weighted by atomic mass is 10.0. The number of carbonyl (C=O) groups excluding carboxylic acids is 1. The first kappa shape index (κ1) is 13.5. The fourth-order valence-electron chi connectivity index (χ4n) is 1.61. The molecule has 0 heterocycles. The minimum absolute atomic E-state index is 0.221. The SMILES string of the molecule is CCOC(=O)CC(N)Cc1cccc(OC)c1. The van der Waals surface area contributed by atoms with Crippen LogP contribution in [-0.2, 0) is 16.0 Å². The summed E-state index contributed by atoms with van der Waals surface area (Å²) < 4.78 is 9.98. The van der Waals surface area contributed by atoms with Gasteiger partial charge in [-0.3, -0.25) is 4.79 Å². The van der Waals surface area contributed by atoms with E-state index >= 15 is 0 Å². The Kier molecular flexibility index (Phi) is 5.49. The van der Waals surface area contributed by atoms with Crippen LogP contribution in [0.4, 0.5) is 0 Å². The fourth-order valence-corrected chi connectivity index (χ4v) is 1.61. The number of benzene rings is 1. The second-order valence-electron chi connectivity index (χ2n) is 3.82. The first-order valence-electron chi connectivity index (χ1n) is 5.69. The van der Waals surface area contributed by atoms with Gasteiger partial charge in [0.05, 0.1) is 20.1 Å². The zero-order valence-corrected chi connectivity index (χ0v) is 10.3. The summed E-state index contributed by atoms with van der Waals surface area (Å²) in [7, 11) is 1.62. The van der Waals surface area contributed by atoms with E-state index in [2.05, 4.69) is 0 Å². The molecular formula is C13H19NO3. The monoisotopic (exact) mass is 237 g/mol. The summed E-state index contributed by atoms with van der Waals surface area (Å²) in [5.41, 5.74) is 6.94. The third-order valence-corrected chi connectivity index (χ3v) is 2.37. The summed E-state index contributed by atoms with van der Waals surface area (Å²) in [4.78, 5) is 11.2. The molecule has 1 unspecified atom stereocenters. The van der Waals surface area contributed by atoms with E-state index in [-0.39, 0.29) is 18.4 Å². The lowest BCUT2D eigenvalue weighted by Gasteiger charge is -2.11. The van der Waals surface area contributed by atoms with Crippen LogP contribution in [0.25, 0.3) is 0 Å². The Morgan fingerprint density at radius 3 is 2.88 bits per heavy atom. The van der Waals surface area contributed by atoms with Crippen LogP contribution < -0.4 is 10.5 Å². The molecule has 2 N–H and O–H groups in total. The molecule has 0 bridgehead atoms. The molecule has 0 aliphatic rings. The van der Waals surface area contributed by atoms with Crippen molar-refractivity contribution in [1.29, 1.82) is 0 Å². The second-order valence-corrected chi connectivity index (χ2v) is 3.82.